The number of aryl methyl sites for hydroxylation is 2. The summed E-state index contributed by atoms with van der Waals surface area (Å²) in [5, 5.41) is 12.9. The van der Waals surface area contributed by atoms with Gasteiger partial charge in [-0.05, 0) is 61.8 Å². The van der Waals surface area contributed by atoms with Gasteiger partial charge >= 0.3 is 6.03 Å². The Morgan fingerprint density at radius 2 is 1.96 bits per heavy atom. The van der Waals surface area contributed by atoms with E-state index in [9.17, 15) is 9.00 Å². The summed E-state index contributed by atoms with van der Waals surface area (Å²) in [7, 11) is -3.47. The average molecular weight is 387 g/mol. The third-order valence-electron chi connectivity index (χ3n) is 5.44. The standard InChI is InChI=1S/C18H21N5O3S/c1-18(2)9-23-16(26-18)14(8-20-23)27(19,25)22-17(24)21-15-12-5-3-10(12)7-11-4-6-13(11)15/h7-8H,3-6,9H2,1-2H3,(H3,19,21,22,24,25)/t27-/m1/s1. The van der Waals surface area contributed by atoms with Crippen molar-refractivity contribution in [2.45, 2.75) is 56.6 Å². The van der Waals surface area contributed by atoms with Gasteiger partial charge in [-0.2, -0.15) is 5.10 Å². The normalized spacial score (nSPS) is 20.1. The Labute approximate surface area is 157 Å². The molecular weight excluding hydrogens is 366 g/mol. The van der Waals surface area contributed by atoms with Crippen LogP contribution in [0.25, 0.3) is 0 Å². The number of hydrogen-bond acceptors (Lipinski definition) is 4. The number of amides is 2. The van der Waals surface area contributed by atoms with Crippen molar-refractivity contribution >= 4 is 21.6 Å². The van der Waals surface area contributed by atoms with Gasteiger partial charge < -0.3 is 10.1 Å². The fraction of sp³-hybridized carbons (Fsp3) is 0.444. The Bertz CT molecular complexity index is 1090. The van der Waals surface area contributed by atoms with Crippen LogP contribution in [0.2, 0.25) is 0 Å². The maximum atomic E-state index is 13.0. The molecular formula is C18H21N5O3S. The molecule has 2 amide bonds. The van der Waals surface area contributed by atoms with Crippen LogP contribution in [0.3, 0.4) is 0 Å². The third-order valence-corrected chi connectivity index (χ3v) is 6.79. The highest BCUT2D eigenvalue weighted by molar-refractivity contribution is 7.91. The summed E-state index contributed by atoms with van der Waals surface area (Å²) in [6.07, 6.45) is 5.31. The quantitative estimate of drug-likeness (QED) is 0.822. The second-order valence-corrected chi connectivity index (χ2v) is 9.71. The summed E-state index contributed by atoms with van der Waals surface area (Å²) in [4.78, 5) is 12.7. The van der Waals surface area contributed by atoms with E-state index in [1.165, 1.54) is 17.3 Å². The number of urea groups is 1. The predicted octanol–water partition coefficient (Wildman–Crippen LogP) is 2.18. The maximum Gasteiger partial charge on any atom is 0.354 e. The number of carbonyl (C=O) groups is 1. The molecule has 0 bridgehead atoms. The first-order chi connectivity index (χ1) is 12.7. The smallest absolute Gasteiger partial charge is 0.354 e. The molecule has 0 saturated heterocycles. The second-order valence-electron chi connectivity index (χ2n) is 7.95. The van der Waals surface area contributed by atoms with Crippen molar-refractivity contribution in [3.8, 4) is 5.88 Å². The van der Waals surface area contributed by atoms with Crippen LogP contribution in [0.1, 0.15) is 36.1 Å². The first-order valence-corrected chi connectivity index (χ1v) is 10.6. The molecule has 3 aliphatic rings. The van der Waals surface area contributed by atoms with Crippen LogP contribution in [-0.4, -0.2) is 25.6 Å². The minimum absolute atomic E-state index is 0.150. The van der Waals surface area contributed by atoms with E-state index in [-0.39, 0.29) is 4.90 Å². The molecule has 1 aliphatic heterocycles. The number of nitrogens with zero attached hydrogens (tertiary/aromatic N) is 3. The molecule has 2 heterocycles. The number of fused-ring (bicyclic) bond motifs is 3. The molecule has 1 atom stereocenters. The Kier molecular flexibility index (Phi) is 3.31. The van der Waals surface area contributed by atoms with Crippen LogP contribution >= 0.6 is 0 Å². The molecule has 1 aromatic heterocycles. The highest BCUT2D eigenvalue weighted by atomic mass is 32.2. The van der Waals surface area contributed by atoms with E-state index in [2.05, 4.69) is 20.8 Å². The van der Waals surface area contributed by atoms with E-state index >= 15 is 0 Å². The van der Waals surface area contributed by atoms with Crippen molar-refractivity contribution in [3.05, 3.63) is 34.5 Å². The Hall–Kier alpha value is -2.39. The van der Waals surface area contributed by atoms with Crippen molar-refractivity contribution in [1.82, 2.24) is 9.78 Å². The fourth-order valence-corrected chi connectivity index (χ4v) is 4.94. The topological polar surface area (TPSA) is 112 Å². The molecule has 0 fully saturated rings. The monoisotopic (exact) mass is 387 g/mol. The van der Waals surface area contributed by atoms with E-state index in [0.717, 1.165) is 42.5 Å². The molecule has 1 aromatic carbocycles. The molecule has 3 N–H and O–H groups in total. The number of carbonyl (C=O) groups excluding carboxylic acids is 1. The van der Waals surface area contributed by atoms with Crippen molar-refractivity contribution in [2.24, 2.45) is 9.50 Å². The zero-order chi connectivity index (χ0) is 19.0. The minimum Gasteiger partial charge on any atom is -0.469 e. The number of aromatic nitrogens is 2. The highest BCUT2D eigenvalue weighted by Gasteiger charge is 2.36. The van der Waals surface area contributed by atoms with Crippen LogP contribution < -0.4 is 15.2 Å². The zero-order valence-electron chi connectivity index (χ0n) is 15.2. The van der Waals surface area contributed by atoms with Gasteiger partial charge in [0.2, 0.25) is 5.88 Å². The lowest BCUT2D eigenvalue weighted by Crippen LogP contribution is -2.27. The Morgan fingerprint density at radius 1 is 1.30 bits per heavy atom. The third kappa shape index (κ3) is 2.56. The van der Waals surface area contributed by atoms with Gasteiger partial charge in [0, 0.05) is 5.69 Å². The zero-order valence-corrected chi connectivity index (χ0v) is 16.1. The number of benzene rings is 1. The molecule has 8 nitrogen and oxygen atoms in total. The molecule has 0 radical (unpaired) electrons. The summed E-state index contributed by atoms with van der Waals surface area (Å²) in [6, 6.07) is 1.53. The molecule has 0 unspecified atom stereocenters. The maximum absolute atomic E-state index is 13.0. The number of nitrogens with one attached hydrogen (secondary N) is 1. The average Bonchev–Trinajstić information content (AvgIpc) is 2.98. The lowest BCUT2D eigenvalue weighted by Gasteiger charge is -2.31. The van der Waals surface area contributed by atoms with Crippen molar-refractivity contribution in [3.63, 3.8) is 0 Å². The van der Waals surface area contributed by atoms with Gasteiger partial charge in [-0.3, -0.25) is 0 Å². The Morgan fingerprint density at radius 3 is 2.56 bits per heavy atom. The van der Waals surface area contributed by atoms with Crippen LogP contribution in [-0.2, 0) is 42.1 Å². The number of ether oxygens (including phenoxy) is 1. The van der Waals surface area contributed by atoms with Gasteiger partial charge in [-0.25, -0.2) is 18.8 Å². The van der Waals surface area contributed by atoms with Crippen molar-refractivity contribution in [2.75, 3.05) is 5.32 Å². The van der Waals surface area contributed by atoms with Gasteiger partial charge in [0.1, 0.15) is 10.5 Å². The SMILES string of the molecule is CC1(C)Cn2ncc([S@](N)(=O)=NC(=O)Nc3c4c(cc5c3CC5)CC4)c2O1. The van der Waals surface area contributed by atoms with Crippen LogP contribution in [0.15, 0.2) is 21.5 Å². The number of hydrogen-bond donors (Lipinski definition) is 2. The fourth-order valence-electron chi connectivity index (χ4n) is 3.95. The molecule has 0 spiro atoms. The van der Waals surface area contributed by atoms with Crippen LogP contribution in [0.4, 0.5) is 10.5 Å². The van der Waals surface area contributed by atoms with Crippen LogP contribution in [0, 0.1) is 0 Å². The number of anilines is 1. The van der Waals surface area contributed by atoms with E-state index in [1.54, 1.807) is 4.68 Å². The molecule has 2 aromatic rings. The summed E-state index contributed by atoms with van der Waals surface area (Å²) in [6.45, 7) is 4.32. The van der Waals surface area contributed by atoms with E-state index < -0.39 is 21.5 Å². The summed E-state index contributed by atoms with van der Waals surface area (Å²) >= 11 is 0. The first-order valence-electron chi connectivity index (χ1n) is 9.01. The number of nitrogens with two attached hydrogens (primary N) is 1. The molecule has 142 valence electrons. The van der Waals surface area contributed by atoms with Crippen LogP contribution in [0.5, 0.6) is 5.88 Å². The minimum atomic E-state index is -3.47. The molecule has 2 aliphatic carbocycles. The molecule has 5 rings (SSSR count). The lowest BCUT2D eigenvalue weighted by atomic mass is 9.76. The molecule has 9 heteroatoms. The van der Waals surface area contributed by atoms with E-state index in [0.29, 0.717) is 12.4 Å². The number of rotatable bonds is 2. The summed E-state index contributed by atoms with van der Waals surface area (Å²) in [5.41, 5.74) is 5.25. The predicted molar refractivity (Wildman–Crippen MR) is 100 cm³/mol. The highest BCUT2D eigenvalue weighted by Crippen LogP contribution is 2.41. The second kappa shape index (κ2) is 5.32. The van der Waals surface area contributed by atoms with Gasteiger partial charge in [0.05, 0.1) is 12.7 Å². The Balaban J connectivity index is 1.46. The van der Waals surface area contributed by atoms with E-state index in [4.69, 9.17) is 9.88 Å². The molecule has 27 heavy (non-hydrogen) atoms. The largest absolute Gasteiger partial charge is 0.469 e. The van der Waals surface area contributed by atoms with Gasteiger partial charge in [-0.15, -0.1) is 4.36 Å². The van der Waals surface area contributed by atoms with Crippen molar-refractivity contribution < 1.29 is 13.7 Å². The summed E-state index contributed by atoms with van der Waals surface area (Å²) < 4.78 is 24.1. The van der Waals surface area contributed by atoms with Gasteiger partial charge in [0.25, 0.3) is 0 Å². The first kappa shape index (κ1) is 16.8. The van der Waals surface area contributed by atoms with Crippen molar-refractivity contribution in [1.29, 1.82) is 0 Å². The molecule has 0 saturated carbocycles. The lowest BCUT2D eigenvalue weighted by molar-refractivity contribution is 0.132. The van der Waals surface area contributed by atoms with E-state index in [1.807, 2.05) is 13.8 Å². The summed E-state index contributed by atoms with van der Waals surface area (Å²) in [5.74, 6) is 0.317. The van der Waals surface area contributed by atoms with Gasteiger partial charge in [0.15, 0.2) is 9.92 Å². The van der Waals surface area contributed by atoms with Gasteiger partial charge in [-0.1, -0.05) is 6.07 Å².